The van der Waals surface area contributed by atoms with Crippen molar-refractivity contribution in [1.82, 2.24) is 35.1 Å². The van der Waals surface area contributed by atoms with E-state index in [2.05, 4.69) is 56.7 Å². The monoisotopic (exact) mass is 842 g/mol. The third kappa shape index (κ3) is 7.04. The second-order valence-corrected chi connectivity index (χ2v) is 17.2. The SMILES string of the molecule is COO/C=N/[C@@H](C(=O)N1[C@H](c2ncc(-c3ccc4c(c3)Cc3cc(-c5cnc([C@@H]6C[C@@H]7C[C@@H]7N6C(=O)[C@H](NC(=O)OC)c6ccccc6)[nH]5)ccc3-4)[nH]2)C[C@@H]2C[C@@H]21)c1ccccc1. The summed E-state index contributed by atoms with van der Waals surface area (Å²) in [6.45, 7) is 0. The average molecular weight is 843 g/mol. The number of carbonyl (C=O) groups is 3. The van der Waals surface area contributed by atoms with E-state index in [1.807, 2.05) is 82.9 Å². The fourth-order valence-electron chi connectivity index (χ4n) is 10.3. The van der Waals surface area contributed by atoms with Gasteiger partial charge in [0.25, 0.3) is 11.8 Å². The summed E-state index contributed by atoms with van der Waals surface area (Å²) in [4.78, 5) is 75.7. The number of aromatic nitrogens is 4. The molecule has 8 atom stereocenters. The number of alkyl carbamates (subject to hydrolysis) is 1. The van der Waals surface area contributed by atoms with Gasteiger partial charge in [-0.3, -0.25) is 9.59 Å². The lowest BCUT2D eigenvalue weighted by atomic mass is 10.0. The minimum atomic E-state index is -0.871. The molecule has 3 amide bonds. The molecule has 2 aromatic heterocycles. The summed E-state index contributed by atoms with van der Waals surface area (Å²) in [5.41, 5.74) is 10.2. The molecule has 318 valence electrons. The van der Waals surface area contributed by atoms with Gasteiger partial charge >= 0.3 is 6.09 Å². The molecule has 63 heavy (non-hydrogen) atoms. The van der Waals surface area contributed by atoms with Crippen LogP contribution in [0.5, 0.6) is 0 Å². The number of piperidine rings is 2. The van der Waals surface area contributed by atoms with Gasteiger partial charge in [0, 0.05) is 12.1 Å². The number of nitrogens with one attached hydrogen (secondary N) is 3. The van der Waals surface area contributed by atoms with E-state index in [0.717, 1.165) is 71.8 Å². The number of benzene rings is 4. The Morgan fingerprint density at radius 3 is 1.79 bits per heavy atom. The second-order valence-electron chi connectivity index (χ2n) is 17.2. The first-order chi connectivity index (χ1) is 30.9. The van der Waals surface area contributed by atoms with E-state index in [1.165, 1.54) is 42.9 Å². The summed E-state index contributed by atoms with van der Waals surface area (Å²) in [6, 6.07) is 30.1. The zero-order valence-electron chi connectivity index (χ0n) is 34.8. The third-order valence-corrected chi connectivity index (χ3v) is 13.6. The highest BCUT2D eigenvalue weighted by molar-refractivity contribution is 5.88. The van der Waals surface area contributed by atoms with Crippen LogP contribution in [0.2, 0.25) is 0 Å². The molecule has 4 fully saturated rings. The van der Waals surface area contributed by atoms with E-state index in [9.17, 15) is 14.4 Å². The van der Waals surface area contributed by atoms with Crippen LogP contribution in [0.1, 0.15) is 83.8 Å². The summed E-state index contributed by atoms with van der Waals surface area (Å²) >= 11 is 0. The van der Waals surface area contributed by atoms with Crippen LogP contribution < -0.4 is 5.32 Å². The molecule has 3 N–H and O–H groups in total. The Labute approximate surface area is 363 Å². The van der Waals surface area contributed by atoms with Crippen LogP contribution in [-0.4, -0.2) is 80.3 Å². The van der Waals surface area contributed by atoms with Gasteiger partial charge in [-0.15, -0.1) is 0 Å². The van der Waals surface area contributed by atoms with E-state index in [0.29, 0.717) is 17.4 Å². The van der Waals surface area contributed by atoms with Crippen LogP contribution in [0.15, 0.2) is 114 Å². The molecule has 11 rings (SSSR count). The van der Waals surface area contributed by atoms with E-state index >= 15 is 0 Å². The van der Waals surface area contributed by atoms with Gasteiger partial charge in [-0.05, 0) is 101 Å². The number of ether oxygens (including phenoxy) is 1. The van der Waals surface area contributed by atoms with Crippen molar-refractivity contribution in [3.8, 4) is 33.6 Å². The molecule has 0 unspecified atom stereocenters. The third-order valence-electron chi connectivity index (χ3n) is 13.6. The molecule has 2 aliphatic heterocycles. The first-order valence-electron chi connectivity index (χ1n) is 21.5. The van der Waals surface area contributed by atoms with Crippen LogP contribution in [0.25, 0.3) is 33.6 Å². The molecule has 0 spiro atoms. The highest BCUT2D eigenvalue weighted by Gasteiger charge is 2.57. The van der Waals surface area contributed by atoms with Crippen LogP contribution in [0, 0.1) is 11.8 Å². The predicted octanol–water partition coefficient (Wildman–Crippen LogP) is 7.81. The van der Waals surface area contributed by atoms with Crippen molar-refractivity contribution in [3.63, 3.8) is 0 Å². The minimum Gasteiger partial charge on any atom is -0.453 e. The first-order valence-corrected chi connectivity index (χ1v) is 21.5. The van der Waals surface area contributed by atoms with Gasteiger partial charge in [0.2, 0.25) is 6.40 Å². The van der Waals surface area contributed by atoms with Crippen LogP contribution >= 0.6 is 0 Å². The molecule has 6 aromatic rings. The first kappa shape index (κ1) is 38.8. The topological polar surface area (TPSA) is 167 Å². The number of likely N-dealkylation sites (tertiary alicyclic amines) is 2. The van der Waals surface area contributed by atoms with E-state index in [4.69, 9.17) is 24.5 Å². The molecule has 4 heterocycles. The van der Waals surface area contributed by atoms with E-state index in [1.54, 1.807) is 0 Å². The smallest absolute Gasteiger partial charge is 0.407 e. The maximum absolute atomic E-state index is 14.2. The predicted molar refractivity (Wildman–Crippen MR) is 233 cm³/mol. The van der Waals surface area contributed by atoms with Crippen LogP contribution in [0.3, 0.4) is 0 Å². The normalized spacial score (nSPS) is 23.4. The standard InChI is InChI=1S/C49H46N8O6/c1-61-49(60)55-44(28-11-7-4-8-12-28)48(59)57-40-21-34(40)23-42(57)46-51-25-38(54-46)30-14-16-36-32(18-30)19-31-17-29(13-15-35(31)36)37-24-50-45(53-37)41-22-33-20-39(33)56(41)47(58)43(52-26-63-62-2)27-9-5-3-6-10-27/h3-18,24-26,33-34,39-44H,19-23H2,1-2H3,(H,50,53)(H,51,54)(H,55,60)/b52-26+/t33-,34-,39-,40-,41-,42-,43+,44+/m0/s1. The van der Waals surface area contributed by atoms with Gasteiger partial charge in [-0.25, -0.2) is 19.8 Å². The van der Waals surface area contributed by atoms with Crippen molar-refractivity contribution < 1.29 is 28.9 Å². The Morgan fingerprint density at radius 2 is 1.25 bits per heavy atom. The molecular formula is C49H46N8O6. The Balaban J connectivity index is 0.800. The summed E-state index contributed by atoms with van der Waals surface area (Å²) in [5, 5.41) is 2.77. The molecule has 0 radical (unpaired) electrons. The number of fused-ring (bicyclic) bond motifs is 5. The van der Waals surface area contributed by atoms with Gasteiger partial charge in [0.05, 0.1) is 50.1 Å². The number of H-pyrrole nitrogens is 2. The van der Waals surface area contributed by atoms with Crippen molar-refractivity contribution in [2.75, 3.05) is 14.2 Å². The number of methoxy groups -OCH3 is 1. The van der Waals surface area contributed by atoms with Gasteiger partial charge in [0.1, 0.15) is 17.7 Å². The number of imidazole rings is 2. The van der Waals surface area contributed by atoms with E-state index in [-0.39, 0.29) is 36.0 Å². The number of aliphatic imine (C=N–C) groups is 1. The lowest BCUT2D eigenvalue weighted by molar-refractivity contribution is -0.188. The van der Waals surface area contributed by atoms with Crippen LogP contribution in [-0.2, 0) is 30.5 Å². The van der Waals surface area contributed by atoms with Gasteiger partial charge in [0.15, 0.2) is 6.04 Å². The second kappa shape index (κ2) is 15.7. The van der Waals surface area contributed by atoms with Gasteiger partial charge in [-0.1, -0.05) is 84.9 Å². The molecule has 0 bridgehead atoms. The summed E-state index contributed by atoms with van der Waals surface area (Å²) in [7, 11) is 2.70. The van der Waals surface area contributed by atoms with E-state index < -0.39 is 18.2 Å². The lowest BCUT2D eigenvalue weighted by Gasteiger charge is -2.30. The van der Waals surface area contributed by atoms with Crippen molar-refractivity contribution in [3.05, 3.63) is 143 Å². The summed E-state index contributed by atoms with van der Waals surface area (Å²) in [6.07, 6.45) is 8.64. The highest BCUT2D eigenvalue weighted by atomic mass is 17.2. The summed E-state index contributed by atoms with van der Waals surface area (Å²) in [5.74, 6) is 2.12. The maximum Gasteiger partial charge on any atom is 0.407 e. The van der Waals surface area contributed by atoms with Crippen molar-refractivity contribution >= 4 is 24.3 Å². The Hall–Kier alpha value is -7.06. The molecular weight excluding hydrogens is 797 g/mol. The summed E-state index contributed by atoms with van der Waals surface area (Å²) < 4.78 is 4.89. The number of rotatable bonds is 12. The van der Waals surface area contributed by atoms with Gasteiger partial charge in [-0.2, -0.15) is 4.89 Å². The molecule has 14 nitrogen and oxygen atoms in total. The van der Waals surface area contributed by atoms with Crippen molar-refractivity contribution in [2.24, 2.45) is 16.8 Å². The fourth-order valence-corrected chi connectivity index (χ4v) is 10.3. The number of hydrogen-bond donors (Lipinski definition) is 3. The lowest BCUT2D eigenvalue weighted by Crippen LogP contribution is -2.44. The molecule has 2 saturated carbocycles. The molecule has 2 saturated heterocycles. The molecule has 4 aromatic carbocycles. The van der Waals surface area contributed by atoms with Crippen molar-refractivity contribution in [2.45, 2.75) is 68.4 Å². The van der Waals surface area contributed by atoms with Gasteiger partial charge < -0.3 is 34.7 Å². The Kier molecular flexibility index (Phi) is 9.67. The molecule has 3 aliphatic carbocycles. The average Bonchev–Trinajstić information content (AvgIpc) is 3.79. The Morgan fingerprint density at radius 1 is 0.714 bits per heavy atom. The Bertz CT molecular complexity index is 2750. The van der Waals surface area contributed by atoms with Crippen LogP contribution in [0.4, 0.5) is 4.79 Å². The zero-order chi connectivity index (χ0) is 42.8. The quantitative estimate of drug-likeness (QED) is 0.0485. The number of aromatic amines is 2. The number of hydrogen-bond acceptors (Lipinski definition) is 9. The maximum atomic E-state index is 14.2. The van der Waals surface area contributed by atoms with Crippen molar-refractivity contribution in [1.29, 1.82) is 0 Å². The molecule has 5 aliphatic rings. The zero-order valence-corrected chi connectivity index (χ0v) is 34.8. The number of nitrogens with zero attached hydrogens (tertiary/aromatic N) is 5. The number of carbonyl (C=O) groups excluding carboxylic acids is 3. The molecule has 14 heteroatoms. The largest absolute Gasteiger partial charge is 0.453 e. The highest BCUT2D eigenvalue weighted by Crippen LogP contribution is 2.55. The fraction of sp³-hybridized carbons (Fsp3) is 0.306. The minimum absolute atomic E-state index is 0.0832. The number of amides is 3.